The highest BCUT2D eigenvalue weighted by molar-refractivity contribution is 7.07. The average Bonchev–Trinajstić information content (AvgIpc) is 2.95. The zero-order chi connectivity index (χ0) is 12.2. The highest BCUT2D eigenvalue weighted by Crippen LogP contribution is 2.21. The molecule has 18 heavy (non-hydrogen) atoms. The Labute approximate surface area is 111 Å². The molecule has 0 unspecified atom stereocenters. The van der Waals surface area contributed by atoms with Gasteiger partial charge in [0.1, 0.15) is 0 Å². The Morgan fingerprint density at radius 3 is 1.78 bits per heavy atom. The van der Waals surface area contributed by atoms with Crippen LogP contribution >= 0.6 is 11.3 Å². The first-order valence-electron chi connectivity index (χ1n) is 5.98. The Bertz CT molecular complexity index is 548. The minimum atomic E-state index is 0.263. The van der Waals surface area contributed by atoms with E-state index in [1.54, 1.807) is 11.3 Å². The van der Waals surface area contributed by atoms with Crippen molar-refractivity contribution < 1.29 is 4.57 Å². The maximum atomic E-state index is 2.26. The van der Waals surface area contributed by atoms with Crippen molar-refractivity contribution in [3.63, 3.8) is 0 Å². The number of rotatable bonds is 3. The molecular weight excluding hydrogens is 238 g/mol. The lowest BCUT2D eigenvalue weighted by Gasteiger charge is -2.11. The van der Waals surface area contributed by atoms with Crippen molar-refractivity contribution in [1.29, 1.82) is 0 Å². The quantitative estimate of drug-likeness (QED) is 0.626. The fraction of sp³-hybridized carbons (Fsp3) is 0.0625. The van der Waals surface area contributed by atoms with Crippen molar-refractivity contribution >= 4 is 11.3 Å². The van der Waals surface area contributed by atoms with Crippen molar-refractivity contribution in [1.82, 2.24) is 0 Å². The third-order valence-electron chi connectivity index (χ3n) is 3.02. The summed E-state index contributed by atoms with van der Waals surface area (Å²) in [7, 11) is 0. The van der Waals surface area contributed by atoms with Crippen molar-refractivity contribution in [2.45, 2.75) is 6.04 Å². The van der Waals surface area contributed by atoms with E-state index in [0.29, 0.717) is 0 Å². The number of aromatic nitrogens is 1. The molecule has 0 saturated heterocycles. The molecule has 0 amide bonds. The summed E-state index contributed by atoms with van der Waals surface area (Å²) < 4.78 is 2.26. The summed E-state index contributed by atoms with van der Waals surface area (Å²) in [6.45, 7) is 0. The van der Waals surface area contributed by atoms with Crippen LogP contribution < -0.4 is 4.57 Å². The number of hydrogen-bond donors (Lipinski definition) is 0. The molecular formula is C16H14NS+. The summed E-state index contributed by atoms with van der Waals surface area (Å²) in [6.07, 6.45) is 2.13. The standard InChI is InChI=1S/C16H14NS/c1-3-7-14(8-4-1)16(17-11-12-18-13-17)15-9-5-2-6-10-15/h1-13,16H/q+1. The van der Waals surface area contributed by atoms with Gasteiger partial charge in [-0.2, -0.15) is 4.57 Å². The van der Waals surface area contributed by atoms with Crippen molar-refractivity contribution in [3.8, 4) is 0 Å². The monoisotopic (exact) mass is 252 g/mol. The first kappa shape index (κ1) is 11.2. The van der Waals surface area contributed by atoms with E-state index in [0.717, 1.165) is 0 Å². The Balaban J connectivity index is 2.11. The molecule has 0 fully saturated rings. The van der Waals surface area contributed by atoms with Gasteiger partial charge in [0.15, 0.2) is 6.20 Å². The van der Waals surface area contributed by atoms with Crippen LogP contribution in [0.3, 0.4) is 0 Å². The summed E-state index contributed by atoms with van der Waals surface area (Å²) in [5.41, 5.74) is 4.78. The molecule has 3 aromatic rings. The molecule has 0 aliphatic rings. The second-order valence-corrected chi connectivity index (χ2v) is 4.95. The van der Waals surface area contributed by atoms with Crippen molar-refractivity contribution in [3.05, 3.63) is 88.9 Å². The van der Waals surface area contributed by atoms with Gasteiger partial charge in [0, 0.05) is 11.1 Å². The summed E-state index contributed by atoms with van der Waals surface area (Å²) in [5.74, 6) is 0. The fourth-order valence-electron chi connectivity index (χ4n) is 2.20. The molecule has 0 atom stereocenters. The van der Waals surface area contributed by atoms with Gasteiger partial charge in [0.2, 0.25) is 11.6 Å². The Morgan fingerprint density at radius 2 is 1.33 bits per heavy atom. The van der Waals surface area contributed by atoms with Crippen molar-refractivity contribution in [2.24, 2.45) is 0 Å². The zero-order valence-electron chi connectivity index (χ0n) is 9.94. The van der Waals surface area contributed by atoms with E-state index in [2.05, 4.69) is 82.3 Å². The minimum Gasteiger partial charge on any atom is -0.184 e. The number of hydrogen-bond acceptors (Lipinski definition) is 1. The van der Waals surface area contributed by atoms with E-state index in [-0.39, 0.29) is 6.04 Å². The molecule has 1 aromatic heterocycles. The van der Waals surface area contributed by atoms with Gasteiger partial charge >= 0.3 is 0 Å². The molecule has 0 spiro atoms. The third kappa shape index (κ3) is 2.20. The van der Waals surface area contributed by atoms with E-state index in [1.165, 1.54) is 11.1 Å². The maximum Gasteiger partial charge on any atom is 0.225 e. The Hall–Kier alpha value is -1.93. The molecule has 0 radical (unpaired) electrons. The molecule has 0 bridgehead atoms. The zero-order valence-corrected chi connectivity index (χ0v) is 10.8. The van der Waals surface area contributed by atoms with Crippen LogP contribution in [-0.2, 0) is 0 Å². The van der Waals surface area contributed by atoms with E-state index in [1.807, 2.05) is 0 Å². The lowest BCUT2D eigenvalue weighted by molar-refractivity contribution is -0.700. The van der Waals surface area contributed by atoms with Crippen LogP contribution in [0.1, 0.15) is 17.2 Å². The van der Waals surface area contributed by atoms with Gasteiger partial charge in [0.05, 0.1) is 5.38 Å². The molecule has 2 heteroatoms. The SMILES string of the molecule is c1ccc(C(c2ccccc2)[n+]2ccsc2)cc1. The van der Waals surface area contributed by atoms with E-state index < -0.39 is 0 Å². The topological polar surface area (TPSA) is 3.88 Å². The predicted molar refractivity (Wildman–Crippen MR) is 74.6 cm³/mol. The second kappa shape index (κ2) is 5.15. The van der Waals surface area contributed by atoms with Crippen LogP contribution in [0.15, 0.2) is 77.8 Å². The minimum absolute atomic E-state index is 0.263. The van der Waals surface area contributed by atoms with Gasteiger partial charge in [-0.15, -0.1) is 0 Å². The molecule has 88 valence electrons. The first-order valence-corrected chi connectivity index (χ1v) is 6.92. The average molecular weight is 252 g/mol. The third-order valence-corrected chi connectivity index (χ3v) is 3.67. The second-order valence-electron chi connectivity index (χ2n) is 4.20. The molecule has 1 nitrogen and oxygen atoms in total. The normalized spacial score (nSPS) is 10.7. The maximum absolute atomic E-state index is 2.26. The summed E-state index contributed by atoms with van der Waals surface area (Å²) in [5, 5.41) is 2.11. The van der Waals surface area contributed by atoms with Gasteiger partial charge < -0.3 is 0 Å². The van der Waals surface area contributed by atoms with E-state index >= 15 is 0 Å². The summed E-state index contributed by atoms with van der Waals surface area (Å²) in [6, 6.07) is 21.5. The van der Waals surface area contributed by atoms with Crippen LogP contribution in [0, 0.1) is 0 Å². The van der Waals surface area contributed by atoms with Crippen LogP contribution in [0.5, 0.6) is 0 Å². The van der Waals surface area contributed by atoms with Gasteiger partial charge in [0.25, 0.3) is 0 Å². The Morgan fingerprint density at radius 1 is 0.778 bits per heavy atom. The largest absolute Gasteiger partial charge is 0.225 e. The van der Waals surface area contributed by atoms with Gasteiger partial charge in [-0.1, -0.05) is 72.0 Å². The molecule has 0 N–H and O–H groups in total. The summed E-state index contributed by atoms with van der Waals surface area (Å²) >= 11 is 1.72. The van der Waals surface area contributed by atoms with E-state index in [4.69, 9.17) is 0 Å². The van der Waals surface area contributed by atoms with Crippen LogP contribution in [-0.4, -0.2) is 0 Å². The van der Waals surface area contributed by atoms with Crippen molar-refractivity contribution in [2.75, 3.05) is 0 Å². The smallest absolute Gasteiger partial charge is 0.184 e. The first-order chi connectivity index (χ1) is 8.95. The fourth-order valence-corrected chi connectivity index (χ4v) is 2.81. The van der Waals surface area contributed by atoms with Gasteiger partial charge in [-0.05, 0) is 0 Å². The molecule has 2 aromatic carbocycles. The van der Waals surface area contributed by atoms with Gasteiger partial charge in [-0.25, -0.2) is 0 Å². The lowest BCUT2D eigenvalue weighted by atomic mass is 9.99. The van der Waals surface area contributed by atoms with E-state index in [9.17, 15) is 0 Å². The number of benzene rings is 2. The van der Waals surface area contributed by atoms with Crippen LogP contribution in [0.2, 0.25) is 0 Å². The molecule has 3 rings (SSSR count). The predicted octanol–water partition coefficient (Wildman–Crippen LogP) is 3.67. The number of thiazole rings is 1. The van der Waals surface area contributed by atoms with Gasteiger partial charge in [-0.3, -0.25) is 0 Å². The lowest BCUT2D eigenvalue weighted by Crippen LogP contribution is -2.38. The van der Waals surface area contributed by atoms with Crippen LogP contribution in [0.25, 0.3) is 0 Å². The van der Waals surface area contributed by atoms with Crippen LogP contribution in [0.4, 0.5) is 0 Å². The Kier molecular flexibility index (Phi) is 3.20. The molecule has 0 aliphatic heterocycles. The molecule has 0 aliphatic carbocycles. The highest BCUT2D eigenvalue weighted by Gasteiger charge is 2.22. The molecule has 1 heterocycles. The highest BCUT2D eigenvalue weighted by atomic mass is 32.1. The number of nitrogens with zero attached hydrogens (tertiary/aromatic N) is 1. The molecule has 0 saturated carbocycles. The summed E-state index contributed by atoms with van der Waals surface area (Å²) in [4.78, 5) is 0.